The molecule has 0 spiro atoms. The lowest BCUT2D eigenvalue weighted by atomic mass is 10.1. The van der Waals surface area contributed by atoms with E-state index in [0.29, 0.717) is 6.42 Å². The fourth-order valence-electron chi connectivity index (χ4n) is 2.48. The maximum Gasteiger partial charge on any atom is 0.221 e. The van der Waals surface area contributed by atoms with Gasteiger partial charge in [-0.1, -0.05) is 6.07 Å². The lowest BCUT2D eigenvalue weighted by Gasteiger charge is -2.08. The molecule has 0 aliphatic heterocycles. The van der Waals surface area contributed by atoms with Crippen LogP contribution < -0.4 is 5.32 Å². The molecule has 1 amide bonds. The van der Waals surface area contributed by atoms with Crippen LogP contribution in [-0.4, -0.2) is 5.91 Å². The fraction of sp³-hybridized carbons (Fsp3) is 0.133. The van der Waals surface area contributed by atoms with E-state index in [-0.39, 0.29) is 11.7 Å². The molecule has 2 aromatic rings. The second-order valence-corrected chi connectivity index (χ2v) is 5.50. The van der Waals surface area contributed by atoms with E-state index < -0.39 is 0 Å². The molecule has 1 N–H and O–H groups in total. The largest absolute Gasteiger partial charge is 0.325 e. The van der Waals surface area contributed by atoms with E-state index in [2.05, 4.69) is 21.2 Å². The average molecular weight is 320 g/mol. The van der Waals surface area contributed by atoms with Gasteiger partial charge in [-0.15, -0.1) is 0 Å². The summed E-state index contributed by atoms with van der Waals surface area (Å²) in [6.07, 6.45) is 0.697. The summed E-state index contributed by atoms with van der Waals surface area (Å²) in [5.41, 5.74) is 5.00. The summed E-state index contributed by atoms with van der Waals surface area (Å²) in [6, 6.07) is 8.77. The predicted octanol–water partition coefficient (Wildman–Crippen LogP) is 4.12. The molecule has 4 heteroatoms. The van der Waals surface area contributed by atoms with Crippen LogP contribution in [0.1, 0.15) is 18.1 Å². The summed E-state index contributed by atoms with van der Waals surface area (Å²) in [5, 5.41) is 2.78. The van der Waals surface area contributed by atoms with Crippen LogP contribution in [0.4, 0.5) is 10.1 Å². The highest BCUT2D eigenvalue weighted by atomic mass is 79.9. The van der Waals surface area contributed by atoms with Crippen molar-refractivity contribution in [3.63, 3.8) is 0 Å². The number of carbonyl (C=O) groups excluding carboxylic acids is 1. The second kappa shape index (κ2) is 4.46. The molecule has 0 radical (unpaired) electrons. The van der Waals surface area contributed by atoms with Crippen molar-refractivity contribution in [2.75, 3.05) is 5.32 Å². The molecule has 2 aromatic carbocycles. The number of amides is 1. The third-order valence-electron chi connectivity index (χ3n) is 3.24. The van der Waals surface area contributed by atoms with Gasteiger partial charge in [0.15, 0.2) is 0 Å². The van der Waals surface area contributed by atoms with Crippen LogP contribution in [0.2, 0.25) is 0 Å². The zero-order valence-electron chi connectivity index (χ0n) is 10.3. The van der Waals surface area contributed by atoms with E-state index >= 15 is 0 Å². The Morgan fingerprint density at radius 2 is 1.95 bits per heavy atom. The minimum Gasteiger partial charge on any atom is -0.325 e. The van der Waals surface area contributed by atoms with Crippen molar-refractivity contribution in [1.82, 2.24) is 0 Å². The number of hydrogen-bond donors (Lipinski definition) is 1. The van der Waals surface area contributed by atoms with E-state index in [1.807, 2.05) is 12.1 Å². The topological polar surface area (TPSA) is 29.1 Å². The molecule has 0 heterocycles. The maximum atomic E-state index is 13.2. The van der Waals surface area contributed by atoms with E-state index in [4.69, 9.17) is 0 Å². The van der Waals surface area contributed by atoms with Crippen LogP contribution in [0, 0.1) is 5.82 Å². The minimum atomic E-state index is -0.215. The lowest BCUT2D eigenvalue weighted by Crippen LogP contribution is -2.06. The summed E-state index contributed by atoms with van der Waals surface area (Å²) in [4.78, 5) is 11.1. The Balaban J connectivity index is 2.10. The third kappa shape index (κ3) is 2.16. The molecule has 3 rings (SSSR count). The molecule has 0 saturated carbocycles. The van der Waals surface area contributed by atoms with Crippen molar-refractivity contribution < 1.29 is 9.18 Å². The second-order valence-electron chi connectivity index (χ2n) is 4.65. The smallest absolute Gasteiger partial charge is 0.221 e. The van der Waals surface area contributed by atoms with Crippen LogP contribution >= 0.6 is 15.9 Å². The zero-order valence-corrected chi connectivity index (χ0v) is 11.8. The Kier molecular flexibility index (Phi) is 2.90. The van der Waals surface area contributed by atoms with Gasteiger partial charge in [-0.3, -0.25) is 4.79 Å². The summed E-state index contributed by atoms with van der Waals surface area (Å²) in [6.45, 7) is 1.48. The van der Waals surface area contributed by atoms with Crippen molar-refractivity contribution >= 4 is 27.5 Å². The first-order valence-corrected chi connectivity index (χ1v) is 6.72. The molecular formula is C15H11BrFNO. The van der Waals surface area contributed by atoms with Crippen molar-refractivity contribution in [2.45, 2.75) is 13.3 Å². The van der Waals surface area contributed by atoms with Gasteiger partial charge in [0.1, 0.15) is 5.82 Å². The van der Waals surface area contributed by atoms with Crippen molar-refractivity contribution in [1.29, 1.82) is 0 Å². The predicted molar refractivity (Wildman–Crippen MR) is 76.6 cm³/mol. The standard InChI is InChI=1S/C15H11BrFNO/c1-8(19)18-15-6-10-4-9-5-11(17)2-3-12(9)13(10)7-14(15)16/h2-3,5-7H,4H2,1H3,(H,18,19). The third-order valence-corrected chi connectivity index (χ3v) is 3.90. The van der Waals surface area contributed by atoms with Gasteiger partial charge < -0.3 is 5.32 Å². The molecule has 0 fully saturated rings. The monoisotopic (exact) mass is 319 g/mol. The Labute approximate surface area is 118 Å². The summed E-state index contributed by atoms with van der Waals surface area (Å²) >= 11 is 3.46. The Morgan fingerprint density at radius 3 is 2.68 bits per heavy atom. The molecule has 0 atom stereocenters. The SMILES string of the molecule is CC(=O)Nc1cc2c(cc1Br)-c1ccc(F)cc1C2. The van der Waals surface area contributed by atoms with E-state index in [1.54, 1.807) is 12.1 Å². The van der Waals surface area contributed by atoms with E-state index in [1.165, 1.54) is 13.0 Å². The van der Waals surface area contributed by atoms with Crippen molar-refractivity contribution in [3.05, 3.63) is 51.7 Å². The minimum absolute atomic E-state index is 0.109. The first-order chi connectivity index (χ1) is 9.04. The number of hydrogen-bond acceptors (Lipinski definition) is 1. The van der Waals surface area contributed by atoms with Gasteiger partial charge in [0.05, 0.1) is 5.69 Å². The van der Waals surface area contributed by atoms with Crippen LogP contribution in [0.25, 0.3) is 11.1 Å². The zero-order chi connectivity index (χ0) is 13.6. The summed E-state index contributed by atoms with van der Waals surface area (Å²) < 4.78 is 14.1. The number of nitrogens with one attached hydrogen (secondary N) is 1. The van der Waals surface area contributed by atoms with E-state index in [0.717, 1.165) is 32.4 Å². The van der Waals surface area contributed by atoms with Crippen molar-refractivity contribution in [2.24, 2.45) is 0 Å². The normalized spacial score (nSPS) is 11.9. The van der Waals surface area contributed by atoms with Gasteiger partial charge in [-0.25, -0.2) is 4.39 Å². The first-order valence-electron chi connectivity index (χ1n) is 5.93. The molecule has 19 heavy (non-hydrogen) atoms. The fourth-order valence-corrected chi connectivity index (χ4v) is 2.92. The number of fused-ring (bicyclic) bond motifs is 3. The van der Waals surface area contributed by atoms with Crippen LogP contribution in [-0.2, 0) is 11.2 Å². The number of anilines is 1. The Morgan fingerprint density at radius 1 is 1.21 bits per heavy atom. The maximum absolute atomic E-state index is 13.2. The van der Waals surface area contributed by atoms with Crippen LogP contribution in [0.5, 0.6) is 0 Å². The lowest BCUT2D eigenvalue weighted by molar-refractivity contribution is -0.114. The van der Waals surface area contributed by atoms with Gasteiger partial charge in [0.25, 0.3) is 0 Å². The highest BCUT2D eigenvalue weighted by Crippen LogP contribution is 2.41. The highest BCUT2D eigenvalue weighted by molar-refractivity contribution is 9.10. The van der Waals surface area contributed by atoms with Crippen LogP contribution in [0.15, 0.2) is 34.8 Å². The van der Waals surface area contributed by atoms with Crippen molar-refractivity contribution in [3.8, 4) is 11.1 Å². The van der Waals surface area contributed by atoms with Gasteiger partial charge in [-0.05, 0) is 68.9 Å². The average Bonchev–Trinajstić information content (AvgIpc) is 2.65. The Bertz CT molecular complexity index is 697. The summed E-state index contributed by atoms with van der Waals surface area (Å²) in [5.74, 6) is -0.324. The van der Waals surface area contributed by atoms with E-state index in [9.17, 15) is 9.18 Å². The summed E-state index contributed by atoms with van der Waals surface area (Å²) in [7, 11) is 0. The molecule has 0 unspecified atom stereocenters. The number of rotatable bonds is 1. The van der Waals surface area contributed by atoms with Crippen LogP contribution in [0.3, 0.4) is 0 Å². The Hall–Kier alpha value is -1.68. The molecule has 96 valence electrons. The highest BCUT2D eigenvalue weighted by Gasteiger charge is 2.20. The quantitative estimate of drug-likeness (QED) is 0.718. The molecular weight excluding hydrogens is 309 g/mol. The number of benzene rings is 2. The molecule has 0 bridgehead atoms. The molecule has 1 aliphatic rings. The first kappa shape index (κ1) is 12.4. The van der Waals surface area contributed by atoms with Gasteiger partial charge in [0, 0.05) is 11.4 Å². The van der Waals surface area contributed by atoms with Gasteiger partial charge >= 0.3 is 0 Å². The van der Waals surface area contributed by atoms with Gasteiger partial charge in [0.2, 0.25) is 5.91 Å². The molecule has 0 aromatic heterocycles. The molecule has 0 saturated heterocycles. The molecule has 2 nitrogen and oxygen atoms in total. The number of halogens is 2. The number of carbonyl (C=O) groups is 1. The van der Waals surface area contributed by atoms with Gasteiger partial charge in [-0.2, -0.15) is 0 Å². The molecule has 1 aliphatic carbocycles.